The molecular formula is C16H14FN3O3S. The average molecular weight is 347 g/mol. The van der Waals surface area contributed by atoms with Crippen molar-refractivity contribution in [1.82, 2.24) is 10.3 Å². The van der Waals surface area contributed by atoms with Crippen LogP contribution in [0.3, 0.4) is 0 Å². The fraction of sp³-hybridized carbons (Fsp3) is 0.188. The molecular weight excluding hydrogens is 333 g/mol. The summed E-state index contributed by atoms with van der Waals surface area (Å²) in [6.45, 7) is 1.77. The van der Waals surface area contributed by atoms with E-state index in [0.717, 1.165) is 4.88 Å². The zero-order valence-electron chi connectivity index (χ0n) is 12.7. The van der Waals surface area contributed by atoms with Crippen LogP contribution in [0, 0.1) is 5.82 Å². The highest BCUT2D eigenvalue weighted by molar-refractivity contribution is 7.13. The summed E-state index contributed by atoms with van der Waals surface area (Å²) in [4.78, 5) is 13.2. The number of aromatic nitrogens is 2. The largest absolute Gasteiger partial charge is 0.478 e. The maximum atomic E-state index is 13.7. The van der Waals surface area contributed by atoms with Gasteiger partial charge in [0.1, 0.15) is 0 Å². The molecule has 0 bridgehead atoms. The Labute approximate surface area is 141 Å². The second-order valence-electron chi connectivity index (χ2n) is 4.87. The van der Waals surface area contributed by atoms with E-state index in [0.29, 0.717) is 12.1 Å². The number of para-hydroxylation sites is 1. The quantitative estimate of drug-likeness (QED) is 0.735. The van der Waals surface area contributed by atoms with Crippen LogP contribution in [-0.2, 0) is 4.79 Å². The molecule has 124 valence electrons. The van der Waals surface area contributed by atoms with E-state index in [9.17, 15) is 9.18 Å². The first-order valence-electron chi connectivity index (χ1n) is 7.27. The van der Waals surface area contributed by atoms with Gasteiger partial charge in [-0.2, -0.15) is 0 Å². The molecule has 8 heteroatoms. The maximum absolute atomic E-state index is 13.7. The van der Waals surface area contributed by atoms with Gasteiger partial charge in [-0.15, -0.1) is 11.3 Å². The summed E-state index contributed by atoms with van der Waals surface area (Å²) < 4.78 is 23.9. The lowest BCUT2D eigenvalue weighted by Gasteiger charge is -2.16. The molecule has 6 nitrogen and oxygen atoms in total. The highest BCUT2D eigenvalue weighted by Crippen LogP contribution is 2.28. The van der Waals surface area contributed by atoms with E-state index in [1.54, 1.807) is 19.1 Å². The van der Waals surface area contributed by atoms with Gasteiger partial charge in [-0.3, -0.25) is 4.79 Å². The number of rotatable bonds is 6. The summed E-state index contributed by atoms with van der Waals surface area (Å²) >= 11 is 1.45. The molecule has 1 N–H and O–H groups in total. The zero-order chi connectivity index (χ0) is 16.9. The highest BCUT2D eigenvalue weighted by Gasteiger charge is 2.23. The molecule has 2 heterocycles. The number of hydrogen-bond acceptors (Lipinski definition) is 6. The number of benzene rings is 1. The number of carbonyl (C=O) groups is 1. The van der Waals surface area contributed by atoms with E-state index >= 15 is 0 Å². The van der Waals surface area contributed by atoms with Gasteiger partial charge in [0.15, 0.2) is 23.4 Å². The number of ether oxygens (including phenoxy) is 1. The van der Waals surface area contributed by atoms with Gasteiger partial charge < -0.3 is 10.1 Å². The minimum Gasteiger partial charge on any atom is -0.478 e. The molecule has 0 saturated heterocycles. The number of amides is 1. The number of nitrogens with one attached hydrogen (secondary N) is 1. The lowest BCUT2D eigenvalue weighted by atomic mass is 10.2. The van der Waals surface area contributed by atoms with Crippen LogP contribution in [0.5, 0.6) is 5.75 Å². The van der Waals surface area contributed by atoms with Crippen LogP contribution >= 0.6 is 11.3 Å². The Morgan fingerprint density at radius 2 is 2.17 bits per heavy atom. The van der Waals surface area contributed by atoms with Gasteiger partial charge >= 0.3 is 0 Å². The molecule has 0 aliphatic rings. The number of nitrogens with zero attached hydrogens (tertiary/aromatic N) is 2. The predicted molar refractivity (Wildman–Crippen MR) is 87.3 cm³/mol. The molecule has 3 aromatic rings. The zero-order valence-corrected chi connectivity index (χ0v) is 13.5. The first kappa shape index (κ1) is 16.1. The Hall–Kier alpha value is -2.74. The second-order valence-corrected chi connectivity index (χ2v) is 5.82. The summed E-state index contributed by atoms with van der Waals surface area (Å²) in [5, 5.41) is 12.0. The van der Waals surface area contributed by atoms with Crippen molar-refractivity contribution < 1.29 is 18.6 Å². The molecule has 24 heavy (non-hydrogen) atoms. The van der Waals surface area contributed by atoms with Crippen molar-refractivity contribution in [3.05, 3.63) is 47.6 Å². The van der Waals surface area contributed by atoms with Gasteiger partial charge in [-0.25, -0.2) is 9.02 Å². The third-order valence-electron chi connectivity index (χ3n) is 3.25. The Bertz CT molecular complexity index is 820. The number of anilines is 1. The molecule has 0 unspecified atom stereocenters. The van der Waals surface area contributed by atoms with Crippen molar-refractivity contribution in [2.75, 3.05) is 5.32 Å². The van der Waals surface area contributed by atoms with Crippen molar-refractivity contribution >= 4 is 23.1 Å². The van der Waals surface area contributed by atoms with E-state index in [2.05, 4.69) is 15.6 Å². The third kappa shape index (κ3) is 3.43. The topological polar surface area (TPSA) is 77.2 Å². The fourth-order valence-corrected chi connectivity index (χ4v) is 2.76. The lowest BCUT2D eigenvalue weighted by Crippen LogP contribution is -2.32. The van der Waals surface area contributed by atoms with Gasteiger partial charge in [0.05, 0.1) is 4.88 Å². The Morgan fingerprint density at radius 1 is 1.33 bits per heavy atom. The van der Waals surface area contributed by atoms with Crippen molar-refractivity contribution in [3.8, 4) is 16.3 Å². The molecule has 3 rings (SSSR count). The van der Waals surface area contributed by atoms with E-state index in [-0.39, 0.29) is 11.6 Å². The maximum Gasteiger partial charge on any atom is 0.266 e. The van der Waals surface area contributed by atoms with Gasteiger partial charge in [0, 0.05) is 0 Å². The number of carbonyl (C=O) groups excluding carboxylic acids is 1. The molecule has 2 aromatic heterocycles. The van der Waals surface area contributed by atoms with Crippen LogP contribution in [0.2, 0.25) is 0 Å². The molecule has 1 atom stereocenters. The Kier molecular flexibility index (Phi) is 4.85. The minimum absolute atomic E-state index is 0.0243. The van der Waals surface area contributed by atoms with E-state index in [1.165, 1.54) is 23.5 Å². The molecule has 0 aliphatic carbocycles. The van der Waals surface area contributed by atoms with Crippen LogP contribution in [0.25, 0.3) is 10.6 Å². The fourth-order valence-electron chi connectivity index (χ4n) is 2.06. The van der Waals surface area contributed by atoms with Crippen molar-refractivity contribution in [1.29, 1.82) is 0 Å². The van der Waals surface area contributed by atoms with Gasteiger partial charge in [0.2, 0.25) is 5.82 Å². The van der Waals surface area contributed by atoms with Crippen molar-refractivity contribution in [3.63, 3.8) is 0 Å². The molecule has 1 aromatic carbocycles. The van der Waals surface area contributed by atoms with Gasteiger partial charge in [-0.05, 0) is 40.3 Å². The van der Waals surface area contributed by atoms with Crippen LogP contribution in [0.15, 0.2) is 46.4 Å². The molecule has 0 saturated carbocycles. The van der Waals surface area contributed by atoms with Crippen LogP contribution < -0.4 is 10.1 Å². The second kappa shape index (κ2) is 7.22. The predicted octanol–water partition coefficient (Wildman–Crippen LogP) is 3.73. The summed E-state index contributed by atoms with van der Waals surface area (Å²) in [5.41, 5.74) is 0.444. The summed E-state index contributed by atoms with van der Waals surface area (Å²) in [6, 6.07) is 9.64. The number of hydrogen-bond donors (Lipinski definition) is 1. The van der Waals surface area contributed by atoms with Crippen LogP contribution in [0.1, 0.15) is 13.3 Å². The first-order chi connectivity index (χ1) is 11.7. The van der Waals surface area contributed by atoms with Crippen molar-refractivity contribution in [2.45, 2.75) is 19.4 Å². The Morgan fingerprint density at radius 3 is 2.88 bits per heavy atom. The first-order valence-corrected chi connectivity index (χ1v) is 8.15. The van der Waals surface area contributed by atoms with E-state index < -0.39 is 17.8 Å². The monoisotopic (exact) mass is 347 g/mol. The van der Waals surface area contributed by atoms with E-state index in [4.69, 9.17) is 9.37 Å². The SMILES string of the molecule is CC[C@@H](Oc1ccccc1F)C(=O)Nc1nonc1-c1cccs1. The molecule has 0 spiro atoms. The highest BCUT2D eigenvalue weighted by atomic mass is 32.1. The summed E-state index contributed by atoms with van der Waals surface area (Å²) in [7, 11) is 0. The normalized spacial score (nSPS) is 11.9. The lowest BCUT2D eigenvalue weighted by molar-refractivity contribution is -0.122. The van der Waals surface area contributed by atoms with Crippen LogP contribution in [0.4, 0.5) is 10.2 Å². The van der Waals surface area contributed by atoms with Gasteiger partial charge in [0.25, 0.3) is 5.91 Å². The third-order valence-corrected chi connectivity index (χ3v) is 4.13. The molecule has 0 aliphatic heterocycles. The Balaban J connectivity index is 1.74. The van der Waals surface area contributed by atoms with Gasteiger partial charge in [-0.1, -0.05) is 25.1 Å². The number of thiophene rings is 1. The standard InChI is InChI=1S/C16H14FN3O3S/c1-2-11(22-12-7-4-3-6-10(12)17)16(21)18-15-14(19-23-20-15)13-8-5-9-24-13/h3-9,11H,2H2,1H3,(H,18,20,21)/t11-/m1/s1. The molecule has 0 radical (unpaired) electrons. The number of halogens is 1. The minimum atomic E-state index is -0.866. The molecule has 1 amide bonds. The van der Waals surface area contributed by atoms with E-state index in [1.807, 2.05) is 17.5 Å². The molecule has 0 fully saturated rings. The summed E-state index contributed by atoms with van der Waals surface area (Å²) in [5.74, 6) is -0.741. The van der Waals surface area contributed by atoms with Crippen molar-refractivity contribution in [2.24, 2.45) is 0 Å². The smallest absolute Gasteiger partial charge is 0.266 e. The summed E-state index contributed by atoms with van der Waals surface area (Å²) in [6.07, 6.45) is -0.505. The van der Waals surface area contributed by atoms with Crippen LogP contribution in [-0.4, -0.2) is 22.3 Å². The average Bonchev–Trinajstić information content (AvgIpc) is 3.25.